The highest BCUT2D eigenvalue weighted by atomic mass is 16.5. The minimum Gasteiger partial charge on any atom is -0.468 e. The number of aromatic nitrogens is 3. The molecule has 2 aromatic carbocycles. The Bertz CT molecular complexity index is 767. The van der Waals surface area contributed by atoms with Crippen LogP contribution in [0, 0.1) is 0 Å². The third-order valence-corrected chi connectivity index (χ3v) is 3.24. The van der Waals surface area contributed by atoms with Crippen LogP contribution in [-0.2, 0) is 16.1 Å². The summed E-state index contributed by atoms with van der Waals surface area (Å²) in [4.78, 5) is 16.2. The molecule has 22 heavy (non-hydrogen) atoms. The lowest BCUT2D eigenvalue weighted by Crippen LogP contribution is -2.13. The zero-order valence-corrected chi connectivity index (χ0v) is 12.1. The van der Waals surface area contributed by atoms with Crippen LogP contribution in [0.1, 0.15) is 0 Å². The minimum absolute atomic E-state index is 0.0283. The second-order valence-electron chi connectivity index (χ2n) is 4.72. The smallest absolute Gasteiger partial charge is 0.327 e. The summed E-state index contributed by atoms with van der Waals surface area (Å²) in [5.41, 5.74) is 1.81. The van der Waals surface area contributed by atoms with Crippen LogP contribution >= 0.6 is 0 Å². The first-order chi connectivity index (χ1) is 10.8. The number of benzene rings is 2. The zero-order chi connectivity index (χ0) is 15.4. The van der Waals surface area contributed by atoms with Gasteiger partial charge in [0.05, 0.1) is 7.11 Å². The second-order valence-corrected chi connectivity index (χ2v) is 4.72. The van der Waals surface area contributed by atoms with Crippen molar-refractivity contribution in [3.05, 3.63) is 60.7 Å². The highest BCUT2D eigenvalue weighted by Gasteiger charge is 2.15. The Morgan fingerprint density at radius 3 is 2.18 bits per heavy atom. The molecule has 0 aliphatic rings. The maximum absolute atomic E-state index is 11.6. The lowest BCUT2D eigenvalue weighted by Gasteiger charge is -2.04. The van der Waals surface area contributed by atoms with E-state index in [1.54, 1.807) is 4.68 Å². The highest BCUT2D eigenvalue weighted by molar-refractivity contribution is 5.70. The average molecular weight is 293 g/mol. The van der Waals surface area contributed by atoms with Gasteiger partial charge in [-0.05, 0) is 0 Å². The van der Waals surface area contributed by atoms with E-state index in [1.807, 2.05) is 60.7 Å². The standard InChI is InChI=1S/C17H15N3O2/c1-22-15(21)12-20-17(14-10-6-3-7-11-14)18-16(19-20)13-8-4-2-5-9-13/h2-11H,12H2,1H3. The summed E-state index contributed by atoms with van der Waals surface area (Å²) in [7, 11) is 1.36. The Hall–Kier alpha value is -2.95. The lowest BCUT2D eigenvalue weighted by molar-refractivity contribution is -0.141. The highest BCUT2D eigenvalue weighted by Crippen LogP contribution is 2.22. The van der Waals surface area contributed by atoms with E-state index in [0.717, 1.165) is 11.1 Å². The molecule has 1 aromatic heterocycles. The molecule has 0 amide bonds. The van der Waals surface area contributed by atoms with Gasteiger partial charge in [0.15, 0.2) is 11.6 Å². The van der Waals surface area contributed by atoms with Crippen LogP contribution in [-0.4, -0.2) is 27.8 Å². The lowest BCUT2D eigenvalue weighted by atomic mass is 10.2. The molecule has 0 unspecified atom stereocenters. The van der Waals surface area contributed by atoms with Gasteiger partial charge in [-0.25, -0.2) is 9.67 Å². The van der Waals surface area contributed by atoms with Crippen molar-refractivity contribution >= 4 is 5.97 Å². The van der Waals surface area contributed by atoms with Gasteiger partial charge in [0.25, 0.3) is 0 Å². The number of nitrogens with zero attached hydrogens (tertiary/aromatic N) is 3. The maximum atomic E-state index is 11.6. The van der Waals surface area contributed by atoms with Gasteiger partial charge >= 0.3 is 5.97 Å². The fourth-order valence-electron chi connectivity index (χ4n) is 2.15. The predicted octanol–water partition coefficient (Wildman–Crippen LogP) is 2.79. The van der Waals surface area contributed by atoms with Crippen LogP contribution in [0.25, 0.3) is 22.8 Å². The summed E-state index contributed by atoms with van der Waals surface area (Å²) < 4.78 is 6.31. The van der Waals surface area contributed by atoms with Crippen LogP contribution < -0.4 is 0 Å². The molecule has 0 N–H and O–H groups in total. The van der Waals surface area contributed by atoms with Crippen LogP contribution in [0.5, 0.6) is 0 Å². The molecule has 0 aliphatic carbocycles. The number of carbonyl (C=O) groups is 1. The number of hydrogen-bond donors (Lipinski definition) is 0. The van der Waals surface area contributed by atoms with Crippen molar-refractivity contribution in [3.63, 3.8) is 0 Å². The van der Waals surface area contributed by atoms with Gasteiger partial charge in [-0.1, -0.05) is 60.7 Å². The van der Waals surface area contributed by atoms with Gasteiger partial charge in [0, 0.05) is 11.1 Å². The first-order valence-electron chi connectivity index (χ1n) is 6.90. The molecule has 3 rings (SSSR count). The number of carbonyl (C=O) groups excluding carboxylic acids is 1. The van der Waals surface area contributed by atoms with Gasteiger partial charge in [0.1, 0.15) is 6.54 Å². The van der Waals surface area contributed by atoms with Gasteiger partial charge in [-0.3, -0.25) is 4.79 Å². The van der Waals surface area contributed by atoms with Gasteiger partial charge in [-0.15, -0.1) is 5.10 Å². The number of rotatable bonds is 4. The van der Waals surface area contributed by atoms with Crippen molar-refractivity contribution in [1.82, 2.24) is 14.8 Å². The van der Waals surface area contributed by atoms with Crippen molar-refractivity contribution in [3.8, 4) is 22.8 Å². The van der Waals surface area contributed by atoms with Gasteiger partial charge in [0.2, 0.25) is 0 Å². The van der Waals surface area contributed by atoms with Crippen LogP contribution in [0.15, 0.2) is 60.7 Å². The normalized spacial score (nSPS) is 10.4. The first-order valence-corrected chi connectivity index (χ1v) is 6.90. The minimum atomic E-state index is -0.360. The predicted molar refractivity (Wildman–Crippen MR) is 82.9 cm³/mol. The molecular weight excluding hydrogens is 278 g/mol. The Morgan fingerprint density at radius 1 is 1.00 bits per heavy atom. The molecule has 5 heteroatoms. The molecule has 0 saturated heterocycles. The number of ether oxygens (including phenoxy) is 1. The molecule has 3 aromatic rings. The molecule has 1 heterocycles. The average Bonchev–Trinajstić information content (AvgIpc) is 3.00. The summed E-state index contributed by atoms with van der Waals surface area (Å²) in [6.07, 6.45) is 0. The number of hydrogen-bond acceptors (Lipinski definition) is 4. The fourth-order valence-corrected chi connectivity index (χ4v) is 2.15. The van der Waals surface area contributed by atoms with Crippen molar-refractivity contribution in [1.29, 1.82) is 0 Å². The third kappa shape index (κ3) is 2.88. The molecule has 0 radical (unpaired) electrons. The molecule has 0 spiro atoms. The van der Waals surface area contributed by atoms with E-state index in [9.17, 15) is 4.79 Å². The third-order valence-electron chi connectivity index (χ3n) is 3.24. The Balaban J connectivity index is 2.07. The molecule has 0 fully saturated rings. The summed E-state index contributed by atoms with van der Waals surface area (Å²) in [5.74, 6) is 0.870. The quantitative estimate of drug-likeness (QED) is 0.694. The number of esters is 1. The molecule has 5 nitrogen and oxygen atoms in total. The van der Waals surface area contributed by atoms with E-state index in [4.69, 9.17) is 4.74 Å². The molecule has 0 atom stereocenters. The summed E-state index contributed by atoms with van der Waals surface area (Å²) >= 11 is 0. The van der Waals surface area contributed by atoms with E-state index >= 15 is 0 Å². The van der Waals surface area contributed by atoms with Crippen molar-refractivity contribution in [2.75, 3.05) is 7.11 Å². The largest absolute Gasteiger partial charge is 0.468 e. The van der Waals surface area contributed by atoms with Crippen molar-refractivity contribution in [2.24, 2.45) is 0 Å². The van der Waals surface area contributed by atoms with E-state index < -0.39 is 0 Å². The molecule has 0 bridgehead atoms. The molecular formula is C17H15N3O2. The van der Waals surface area contributed by atoms with Crippen LogP contribution in [0.2, 0.25) is 0 Å². The maximum Gasteiger partial charge on any atom is 0.327 e. The molecule has 0 saturated carbocycles. The monoisotopic (exact) mass is 293 g/mol. The fraction of sp³-hybridized carbons (Fsp3) is 0.118. The number of methoxy groups -OCH3 is 1. The van der Waals surface area contributed by atoms with Gasteiger partial charge < -0.3 is 4.74 Å². The Kier molecular flexibility index (Phi) is 3.96. The van der Waals surface area contributed by atoms with Crippen molar-refractivity contribution in [2.45, 2.75) is 6.54 Å². The van der Waals surface area contributed by atoms with Crippen LogP contribution in [0.3, 0.4) is 0 Å². The topological polar surface area (TPSA) is 57.0 Å². The second kappa shape index (κ2) is 6.22. The Labute approximate surface area is 128 Å². The van der Waals surface area contributed by atoms with E-state index in [0.29, 0.717) is 11.6 Å². The Morgan fingerprint density at radius 2 is 1.59 bits per heavy atom. The van der Waals surface area contributed by atoms with Gasteiger partial charge in [-0.2, -0.15) is 0 Å². The van der Waals surface area contributed by atoms with E-state index in [2.05, 4.69) is 10.1 Å². The molecule has 0 aliphatic heterocycles. The summed E-state index contributed by atoms with van der Waals surface area (Å²) in [5, 5.41) is 4.45. The van der Waals surface area contributed by atoms with Crippen molar-refractivity contribution < 1.29 is 9.53 Å². The van der Waals surface area contributed by atoms with Crippen LogP contribution in [0.4, 0.5) is 0 Å². The summed E-state index contributed by atoms with van der Waals surface area (Å²) in [6.45, 7) is 0.0283. The molecule has 110 valence electrons. The zero-order valence-electron chi connectivity index (χ0n) is 12.1. The first kappa shape index (κ1) is 14.0. The SMILES string of the molecule is COC(=O)Cn1nc(-c2ccccc2)nc1-c1ccccc1. The van der Waals surface area contributed by atoms with E-state index in [-0.39, 0.29) is 12.5 Å². The van der Waals surface area contributed by atoms with E-state index in [1.165, 1.54) is 7.11 Å². The summed E-state index contributed by atoms with van der Waals surface area (Å²) in [6, 6.07) is 19.3.